The largest absolute Gasteiger partial charge is 0.453 e. The molecule has 0 saturated carbocycles. The lowest BCUT2D eigenvalue weighted by Gasteiger charge is -2.18. The van der Waals surface area contributed by atoms with Gasteiger partial charge in [0, 0.05) is 42.3 Å². The van der Waals surface area contributed by atoms with Crippen LogP contribution in [0.15, 0.2) is 24.3 Å². The number of hydrogen-bond acceptors (Lipinski definition) is 5. The van der Waals surface area contributed by atoms with Gasteiger partial charge >= 0.3 is 6.18 Å². The molecule has 1 N–H and O–H groups in total. The average molecular weight is 432 g/mol. The van der Waals surface area contributed by atoms with Crippen LogP contribution in [0.1, 0.15) is 42.0 Å². The molecule has 10 heteroatoms. The van der Waals surface area contributed by atoms with Crippen LogP contribution in [-0.2, 0) is 17.4 Å². The molecule has 0 unspecified atom stereocenters. The second-order valence-electron chi connectivity index (χ2n) is 7.70. The Hall–Kier alpha value is -3.17. The number of fused-ring (bicyclic) bond motifs is 1. The molecule has 0 aliphatic carbocycles. The summed E-state index contributed by atoms with van der Waals surface area (Å²) in [5.74, 6) is -1.50. The molecule has 4 rings (SSSR count). The maximum absolute atomic E-state index is 12.9. The van der Waals surface area contributed by atoms with Gasteiger partial charge in [0.2, 0.25) is 5.91 Å². The third-order valence-electron chi connectivity index (χ3n) is 5.51. The van der Waals surface area contributed by atoms with Crippen molar-refractivity contribution >= 4 is 23.1 Å². The number of amides is 1. The number of nitrogens with one attached hydrogen (secondary N) is 1. The van der Waals surface area contributed by atoms with Crippen molar-refractivity contribution in [3.63, 3.8) is 0 Å². The van der Waals surface area contributed by atoms with Crippen molar-refractivity contribution < 1.29 is 18.0 Å². The van der Waals surface area contributed by atoms with E-state index in [0.29, 0.717) is 23.4 Å². The third-order valence-corrected chi connectivity index (χ3v) is 5.51. The van der Waals surface area contributed by atoms with Gasteiger partial charge in [-0.25, -0.2) is 9.50 Å². The number of carbonyl (C=O) groups is 1. The Morgan fingerprint density at radius 3 is 2.61 bits per heavy atom. The predicted molar refractivity (Wildman–Crippen MR) is 110 cm³/mol. The third kappa shape index (κ3) is 4.47. The van der Waals surface area contributed by atoms with Gasteiger partial charge in [-0.1, -0.05) is 6.07 Å². The summed E-state index contributed by atoms with van der Waals surface area (Å²) in [5.41, 5.74) is 3.53. The fraction of sp³-hybridized carbons (Fsp3) is 0.429. The number of rotatable bonds is 5. The lowest BCUT2D eigenvalue weighted by atomic mass is 10.1. The number of halogens is 3. The van der Waals surface area contributed by atoms with Gasteiger partial charge < -0.3 is 10.2 Å². The molecule has 164 valence electrons. The Bertz CT molecular complexity index is 1120. The fourth-order valence-corrected chi connectivity index (χ4v) is 3.91. The quantitative estimate of drug-likeness (QED) is 0.661. The van der Waals surface area contributed by atoms with E-state index in [9.17, 15) is 18.0 Å². The summed E-state index contributed by atoms with van der Waals surface area (Å²) in [5, 5.41) is 6.45. The van der Waals surface area contributed by atoms with Gasteiger partial charge in [-0.15, -0.1) is 5.10 Å². The summed E-state index contributed by atoms with van der Waals surface area (Å²) in [6.45, 7) is 5.39. The van der Waals surface area contributed by atoms with Crippen molar-refractivity contribution in [2.45, 2.75) is 45.7 Å². The molecule has 2 aromatic heterocycles. The Morgan fingerprint density at radius 1 is 1.16 bits per heavy atom. The van der Waals surface area contributed by atoms with Crippen LogP contribution in [0, 0.1) is 13.8 Å². The summed E-state index contributed by atoms with van der Waals surface area (Å²) in [6, 6.07) is 7.75. The highest BCUT2D eigenvalue weighted by Gasteiger charge is 2.37. The molecule has 0 bridgehead atoms. The Morgan fingerprint density at radius 2 is 1.90 bits per heavy atom. The summed E-state index contributed by atoms with van der Waals surface area (Å²) in [7, 11) is 0. The van der Waals surface area contributed by atoms with Gasteiger partial charge in [-0.2, -0.15) is 18.2 Å². The van der Waals surface area contributed by atoms with Crippen LogP contribution in [0.3, 0.4) is 0 Å². The summed E-state index contributed by atoms with van der Waals surface area (Å²) in [6.07, 6.45) is -1.80. The molecule has 7 nitrogen and oxygen atoms in total. The lowest BCUT2D eigenvalue weighted by molar-refractivity contribution is -0.144. The van der Waals surface area contributed by atoms with Gasteiger partial charge in [0.05, 0.1) is 0 Å². The molecule has 1 fully saturated rings. The van der Waals surface area contributed by atoms with Gasteiger partial charge in [0.1, 0.15) is 0 Å². The standard InChI is InChI=1S/C21H23F3N6O/c1-13-17(14(2)30-20(25-13)27-19(28-30)21(22,23)24)8-9-18(31)26-15-6-5-7-16(12-15)29-10-3-4-11-29/h5-7,12H,3-4,8-11H2,1-2H3,(H,26,31). The molecule has 3 heterocycles. The number of benzene rings is 1. The van der Waals surface area contributed by atoms with Crippen molar-refractivity contribution in [1.82, 2.24) is 19.6 Å². The minimum atomic E-state index is -4.64. The van der Waals surface area contributed by atoms with E-state index in [1.165, 1.54) is 12.8 Å². The van der Waals surface area contributed by atoms with Gasteiger partial charge in [-0.05, 0) is 56.9 Å². The first-order valence-corrected chi connectivity index (χ1v) is 10.2. The van der Waals surface area contributed by atoms with E-state index in [1.807, 2.05) is 24.3 Å². The van der Waals surface area contributed by atoms with Crippen LogP contribution in [0.4, 0.5) is 24.5 Å². The van der Waals surface area contributed by atoms with Crippen LogP contribution in [-0.4, -0.2) is 38.6 Å². The number of nitrogens with zero attached hydrogens (tertiary/aromatic N) is 5. The van der Waals surface area contributed by atoms with Gasteiger partial charge in [0.15, 0.2) is 0 Å². The SMILES string of the molecule is Cc1nc2nc(C(F)(F)F)nn2c(C)c1CCC(=O)Nc1cccc(N2CCCC2)c1. The number of aryl methyl sites for hydroxylation is 2. The zero-order chi connectivity index (χ0) is 22.2. The molecule has 1 aliphatic rings. The Labute approximate surface area is 177 Å². The van der Waals surface area contributed by atoms with Crippen LogP contribution in [0.5, 0.6) is 0 Å². The molecule has 1 amide bonds. The number of aromatic nitrogens is 4. The van der Waals surface area contributed by atoms with Gasteiger partial charge in [-0.3, -0.25) is 4.79 Å². The first kappa shape index (κ1) is 21.1. The zero-order valence-electron chi connectivity index (χ0n) is 17.3. The first-order valence-electron chi connectivity index (χ1n) is 10.2. The monoisotopic (exact) mass is 432 g/mol. The second-order valence-corrected chi connectivity index (χ2v) is 7.70. The second kappa shape index (κ2) is 8.16. The fourth-order valence-electron chi connectivity index (χ4n) is 3.91. The number of carbonyl (C=O) groups excluding carboxylic acids is 1. The van der Waals surface area contributed by atoms with Crippen molar-refractivity contribution in [2.75, 3.05) is 23.3 Å². The molecule has 31 heavy (non-hydrogen) atoms. The van der Waals surface area contributed by atoms with Crippen molar-refractivity contribution in [3.8, 4) is 0 Å². The molecule has 1 aromatic carbocycles. The van der Waals surface area contributed by atoms with Crippen molar-refractivity contribution in [1.29, 1.82) is 0 Å². The number of hydrogen-bond donors (Lipinski definition) is 1. The van der Waals surface area contributed by atoms with Crippen molar-refractivity contribution in [3.05, 3.63) is 47.0 Å². The van der Waals surface area contributed by atoms with E-state index in [4.69, 9.17) is 0 Å². The zero-order valence-corrected chi connectivity index (χ0v) is 17.3. The highest BCUT2D eigenvalue weighted by atomic mass is 19.4. The van der Waals surface area contributed by atoms with Crippen LogP contribution < -0.4 is 10.2 Å². The normalized spacial score (nSPS) is 14.4. The number of alkyl halides is 3. The summed E-state index contributed by atoms with van der Waals surface area (Å²) >= 11 is 0. The van der Waals surface area contributed by atoms with Gasteiger partial charge in [0.25, 0.3) is 11.6 Å². The maximum Gasteiger partial charge on any atom is 0.453 e. The predicted octanol–water partition coefficient (Wildman–Crippen LogP) is 3.93. The Kier molecular flexibility index (Phi) is 5.55. The summed E-state index contributed by atoms with van der Waals surface area (Å²) < 4.78 is 39.9. The smallest absolute Gasteiger partial charge is 0.371 e. The van der Waals surface area contributed by atoms with E-state index < -0.39 is 12.0 Å². The first-order chi connectivity index (χ1) is 14.7. The Balaban J connectivity index is 1.46. The van der Waals surface area contributed by atoms with Crippen LogP contribution >= 0.6 is 0 Å². The van der Waals surface area contributed by atoms with E-state index in [1.54, 1.807) is 13.8 Å². The number of anilines is 2. The van der Waals surface area contributed by atoms with Crippen LogP contribution in [0.25, 0.3) is 5.78 Å². The molecule has 0 spiro atoms. The highest BCUT2D eigenvalue weighted by Crippen LogP contribution is 2.27. The molecule has 1 aliphatic heterocycles. The van der Waals surface area contributed by atoms with E-state index >= 15 is 0 Å². The molecule has 1 saturated heterocycles. The minimum absolute atomic E-state index is 0.103. The molecule has 3 aromatic rings. The summed E-state index contributed by atoms with van der Waals surface area (Å²) in [4.78, 5) is 22.4. The average Bonchev–Trinajstić information content (AvgIpc) is 3.38. The maximum atomic E-state index is 12.9. The van der Waals surface area contributed by atoms with Crippen LogP contribution in [0.2, 0.25) is 0 Å². The minimum Gasteiger partial charge on any atom is -0.371 e. The topological polar surface area (TPSA) is 75.4 Å². The molecule has 0 radical (unpaired) electrons. The molecular formula is C21H23F3N6O. The van der Waals surface area contributed by atoms with Crippen molar-refractivity contribution in [2.24, 2.45) is 0 Å². The lowest BCUT2D eigenvalue weighted by Crippen LogP contribution is -2.18. The van der Waals surface area contributed by atoms with E-state index in [-0.39, 0.29) is 18.1 Å². The molecular weight excluding hydrogens is 409 g/mol. The molecule has 0 atom stereocenters. The highest BCUT2D eigenvalue weighted by molar-refractivity contribution is 5.91. The van der Waals surface area contributed by atoms with E-state index in [2.05, 4.69) is 25.3 Å². The van der Waals surface area contributed by atoms with E-state index in [0.717, 1.165) is 29.0 Å².